The number of hydrogen-bond acceptors (Lipinski definition) is 5. The standard InChI is InChI=1S/C8H11F3N2O4S2/c1-5-6(18-7(14)13-5)19(15,16)12-2-3-17-4-8(9,10)11/h12H,2-4H2,1H3,(H,13,14). The third kappa shape index (κ3) is 5.30. The fourth-order valence-corrected chi connectivity index (χ4v) is 3.51. The average molecular weight is 320 g/mol. The fraction of sp³-hybridized carbons (Fsp3) is 0.625. The Morgan fingerprint density at radius 2 is 2.05 bits per heavy atom. The maximum Gasteiger partial charge on any atom is 0.411 e. The van der Waals surface area contributed by atoms with Gasteiger partial charge >= 0.3 is 11.0 Å². The lowest BCUT2D eigenvalue weighted by atomic mass is 10.6. The van der Waals surface area contributed by atoms with Crippen LogP contribution >= 0.6 is 11.3 Å². The van der Waals surface area contributed by atoms with Gasteiger partial charge in [0.15, 0.2) is 4.21 Å². The number of nitrogens with one attached hydrogen (secondary N) is 2. The van der Waals surface area contributed by atoms with E-state index < -0.39 is 34.3 Å². The van der Waals surface area contributed by atoms with E-state index in [1.54, 1.807) is 0 Å². The Morgan fingerprint density at radius 3 is 2.53 bits per heavy atom. The molecule has 0 aliphatic carbocycles. The van der Waals surface area contributed by atoms with Gasteiger partial charge in [0.2, 0.25) is 0 Å². The molecule has 1 heterocycles. The van der Waals surface area contributed by atoms with Crippen molar-refractivity contribution in [2.45, 2.75) is 17.3 Å². The molecule has 0 bridgehead atoms. The number of H-pyrrole nitrogens is 1. The molecule has 1 aromatic heterocycles. The SMILES string of the molecule is Cc1[nH]c(=O)sc1S(=O)(=O)NCCOCC(F)(F)F. The van der Waals surface area contributed by atoms with Crippen LogP contribution in [0.25, 0.3) is 0 Å². The van der Waals surface area contributed by atoms with Crippen LogP contribution in [-0.2, 0) is 14.8 Å². The van der Waals surface area contributed by atoms with E-state index in [0.717, 1.165) is 0 Å². The number of halogens is 3. The highest BCUT2D eigenvalue weighted by molar-refractivity contribution is 7.91. The summed E-state index contributed by atoms with van der Waals surface area (Å²) >= 11 is 0.507. The Bertz CT molecular complexity index is 576. The molecule has 0 fully saturated rings. The minimum atomic E-state index is -4.45. The van der Waals surface area contributed by atoms with E-state index in [4.69, 9.17) is 0 Å². The Kier molecular flexibility index (Phi) is 5.12. The van der Waals surface area contributed by atoms with E-state index in [-0.39, 0.29) is 16.4 Å². The first kappa shape index (κ1) is 16.1. The molecule has 0 aromatic carbocycles. The van der Waals surface area contributed by atoms with Gasteiger partial charge in [-0.05, 0) is 6.92 Å². The van der Waals surface area contributed by atoms with Crippen molar-refractivity contribution >= 4 is 21.4 Å². The van der Waals surface area contributed by atoms with Crippen LogP contribution in [0.3, 0.4) is 0 Å². The van der Waals surface area contributed by atoms with E-state index in [1.165, 1.54) is 6.92 Å². The van der Waals surface area contributed by atoms with Crippen LogP contribution in [-0.4, -0.2) is 39.3 Å². The summed E-state index contributed by atoms with van der Waals surface area (Å²) < 4.78 is 64.7. The molecule has 2 N–H and O–H groups in total. The van der Waals surface area contributed by atoms with Gasteiger partial charge in [-0.2, -0.15) is 13.2 Å². The number of aromatic amines is 1. The van der Waals surface area contributed by atoms with Crippen LogP contribution in [0.1, 0.15) is 5.69 Å². The number of sulfonamides is 1. The summed E-state index contributed by atoms with van der Waals surface area (Å²) in [6.07, 6.45) is -4.45. The molecular weight excluding hydrogens is 309 g/mol. The molecule has 1 aromatic rings. The molecule has 0 saturated carbocycles. The van der Waals surface area contributed by atoms with Crippen molar-refractivity contribution in [3.05, 3.63) is 15.4 Å². The smallest absolute Gasteiger partial charge is 0.371 e. The van der Waals surface area contributed by atoms with Gasteiger partial charge in [-0.25, -0.2) is 13.1 Å². The first-order valence-corrected chi connectivity index (χ1v) is 7.26. The van der Waals surface area contributed by atoms with Gasteiger partial charge < -0.3 is 9.72 Å². The number of hydrogen-bond donors (Lipinski definition) is 2. The predicted octanol–water partition coefficient (Wildman–Crippen LogP) is 0.602. The number of ether oxygens (including phenoxy) is 1. The fourth-order valence-electron chi connectivity index (χ4n) is 1.15. The molecule has 0 aliphatic heterocycles. The molecule has 0 radical (unpaired) electrons. The highest BCUT2D eigenvalue weighted by Gasteiger charge is 2.27. The highest BCUT2D eigenvalue weighted by atomic mass is 32.2. The molecule has 0 aliphatic rings. The van der Waals surface area contributed by atoms with E-state index in [9.17, 15) is 26.4 Å². The first-order chi connectivity index (χ1) is 8.62. The normalized spacial score (nSPS) is 12.8. The van der Waals surface area contributed by atoms with Crippen molar-refractivity contribution in [1.82, 2.24) is 9.71 Å². The van der Waals surface area contributed by atoms with Crippen LogP contribution in [0.15, 0.2) is 9.00 Å². The zero-order valence-corrected chi connectivity index (χ0v) is 11.3. The molecule has 0 atom stereocenters. The average Bonchev–Trinajstić information content (AvgIpc) is 2.56. The summed E-state index contributed by atoms with van der Waals surface area (Å²) in [5.74, 6) is 0. The lowest BCUT2D eigenvalue weighted by molar-refractivity contribution is -0.173. The quantitative estimate of drug-likeness (QED) is 0.752. The second-order valence-corrected chi connectivity index (χ2v) is 6.44. The Morgan fingerprint density at radius 1 is 1.42 bits per heavy atom. The van der Waals surface area contributed by atoms with Crippen LogP contribution in [0.5, 0.6) is 0 Å². The van der Waals surface area contributed by atoms with E-state index >= 15 is 0 Å². The van der Waals surface area contributed by atoms with Crippen molar-refractivity contribution in [3.63, 3.8) is 0 Å². The summed E-state index contributed by atoms with van der Waals surface area (Å²) in [7, 11) is -3.91. The van der Waals surface area contributed by atoms with Crippen LogP contribution in [0.4, 0.5) is 13.2 Å². The summed E-state index contributed by atoms with van der Waals surface area (Å²) in [5, 5.41) is 0. The zero-order chi connectivity index (χ0) is 14.7. The predicted molar refractivity (Wildman–Crippen MR) is 61.7 cm³/mol. The Labute approximate surface area is 110 Å². The summed E-state index contributed by atoms with van der Waals surface area (Å²) in [6.45, 7) is -0.765. The molecule has 6 nitrogen and oxygen atoms in total. The molecule has 1 rings (SSSR count). The minimum absolute atomic E-state index is 0.179. The summed E-state index contributed by atoms with van der Waals surface area (Å²) in [6, 6.07) is 0. The van der Waals surface area contributed by atoms with Crippen molar-refractivity contribution in [2.24, 2.45) is 0 Å². The Hall–Kier alpha value is -0.910. The lowest BCUT2D eigenvalue weighted by Crippen LogP contribution is -2.29. The van der Waals surface area contributed by atoms with Crippen LogP contribution in [0, 0.1) is 6.92 Å². The molecule has 0 spiro atoms. The van der Waals surface area contributed by atoms with Crippen LogP contribution < -0.4 is 9.60 Å². The Balaban J connectivity index is 2.49. The van der Waals surface area contributed by atoms with Crippen molar-refractivity contribution in [3.8, 4) is 0 Å². The molecule has 11 heteroatoms. The second kappa shape index (κ2) is 6.03. The van der Waals surface area contributed by atoms with E-state index in [0.29, 0.717) is 11.3 Å². The van der Waals surface area contributed by atoms with Gasteiger partial charge in [0.05, 0.1) is 6.61 Å². The van der Waals surface area contributed by atoms with Gasteiger partial charge in [-0.1, -0.05) is 11.3 Å². The van der Waals surface area contributed by atoms with Gasteiger partial charge in [0.1, 0.15) is 6.61 Å². The van der Waals surface area contributed by atoms with Gasteiger partial charge in [-0.3, -0.25) is 4.79 Å². The van der Waals surface area contributed by atoms with Crippen molar-refractivity contribution in [1.29, 1.82) is 0 Å². The summed E-state index contributed by atoms with van der Waals surface area (Å²) in [4.78, 5) is 12.7. The molecule has 0 amide bonds. The van der Waals surface area contributed by atoms with E-state index in [1.807, 2.05) is 4.72 Å². The topological polar surface area (TPSA) is 88.3 Å². The third-order valence-corrected chi connectivity index (χ3v) is 4.90. The maximum atomic E-state index is 11.7. The summed E-state index contributed by atoms with van der Waals surface area (Å²) in [5.41, 5.74) is 0.179. The molecular formula is C8H11F3N2O4S2. The maximum absolute atomic E-state index is 11.7. The second-order valence-electron chi connectivity index (χ2n) is 3.49. The molecule has 110 valence electrons. The molecule has 19 heavy (non-hydrogen) atoms. The number of aryl methyl sites for hydroxylation is 1. The largest absolute Gasteiger partial charge is 0.411 e. The minimum Gasteiger partial charge on any atom is -0.371 e. The van der Waals surface area contributed by atoms with Crippen LogP contribution in [0.2, 0.25) is 0 Å². The number of aromatic nitrogens is 1. The van der Waals surface area contributed by atoms with Crippen molar-refractivity contribution < 1.29 is 26.3 Å². The van der Waals surface area contributed by atoms with Crippen molar-refractivity contribution in [2.75, 3.05) is 19.8 Å². The first-order valence-electron chi connectivity index (χ1n) is 4.96. The number of thiazole rings is 1. The molecule has 0 unspecified atom stereocenters. The lowest BCUT2D eigenvalue weighted by Gasteiger charge is -2.08. The number of rotatable bonds is 6. The molecule has 0 saturated heterocycles. The highest BCUT2D eigenvalue weighted by Crippen LogP contribution is 2.15. The van der Waals surface area contributed by atoms with Gasteiger partial charge in [0, 0.05) is 12.2 Å². The number of alkyl halides is 3. The van der Waals surface area contributed by atoms with Gasteiger partial charge in [0.25, 0.3) is 10.0 Å². The van der Waals surface area contributed by atoms with E-state index in [2.05, 4.69) is 9.72 Å². The monoisotopic (exact) mass is 320 g/mol. The zero-order valence-electron chi connectivity index (χ0n) is 9.70. The van der Waals surface area contributed by atoms with Gasteiger partial charge in [-0.15, -0.1) is 0 Å². The third-order valence-electron chi connectivity index (χ3n) is 1.83.